The van der Waals surface area contributed by atoms with Crippen molar-refractivity contribution >= 4 is 40.7 Å². The second kappa shape index (κ2) is 12.9. The fourth-order valence-corrected chi connectivity index (χ4v) is 3.03. The van der Waals surface area contributed by atoms with Gasteiger partial charge in [0.2, 0.25) is 0 Å². The van der Waals surface area contributed by atoms with Crippen LogP contribution in [-0.2, 0) is 16.6 Å². The van der Waals surface area contributed by atoms with E-state index in [2.05, 4.69) is 22.1 Å². The standard InChI is InChI=1S/C16H27N3OS.HI/c1-4-5-12-19(3)16(17-2)18-11-13-21(20)14-15-9-7-6-8-10-15;/h6-10H,4-5,11-14H2,1-3H3,(H,17,18);1H. The predicted octanol–water partition coefficient (Wildman–Crippen LogP) is 2.86. The number of halogens is 1. The number of hydrogen-bond donors (Lipinski definition) is 1. The third-order valence-electron chi connectivity index (χ3n) is 3.20. The summed E-state index contributed by atoms with van der Waals surface area (Å²) in [5.74, 6) is 2.13. The maximum absolute atomic E-state index is 12.0. The molecule has 0 aliphatic carbocycles. The summed E-state index contributed by atoms with van der Waals surface area (Å²) in [7, 11) is 2.97. The molecule has 6 heteroatoms. The molecule has 0 saturated carbocycles. The van der Waals surface area contributed by atoms with E-state index in [9.17, 15) is 4.21 Å². The van der Waals surface area contributed by atoms with E-state index in [1.807, 2.05) is 37.4 Å². The number of guanidine groups is 1. The predicted molar refractivity (Wildman–Crippen MR) is 107 cm³/mol. The Hall–Kier alpha value is -0.630. The van der Waals surface area contributed by atoms with Gasteiger partial charge in [0.1, 0.15) is 0 Å². The van der Waals surface area contributed by atoms with Crippen LogP contribution in [0.3, 0.4) is 0 Å². The first-order valence-corrected chi connectivity index (χ1v) is 8.96. The number of benzene rings is 1. The third-order valence-corrected chi connectivity index (χ3v) is 4.52. The molecule has 1 N–H and O–H groups in total. The molecule has 1 unspecified atom stereocenters. The minimum Gasteiger partial charge on any atom is -0.355 e. The van der Waals surface area contributed by atoms with Crippen LogP contribution in [0.15, 0.2) is 35.3 Å². The Morgan fingerprint density at radius 2 is 2.00 bits per heavy atom. The highest BCUT2D eigenvalue weighted by atomic mass is 127. The van der Waals surface area contributed by atoms with Gasteiger partial charge in [0.05, 0.1) is 0 Å². The molecule has 0 spiro atoms. The van der Waals surface area contributed by atoms with Gasteiger partial charge in [-0.05, 0) is 12.0 Å². The molecule has 4 nitrogen and oxygen atoms in total. The van der Waals surface area contributed by atoms with Crippen LogP contribution in [0.5, 0.6) is 0 Å². The van der Waals surface area contributed by atoms with Gasteiger partial charge in [-0.2, -0.15) is 0 Å². The maximum atomic E-state index is 12.0. The van der Waals surface area contributed by atoms with Gasteiger partial charge in [0.15, 0.2) is 5.96 Å². The summed E-state index contributed by atoms with van der Waals surface area (Å²) in [6.45, 7) is 3.85. The molecule has 0 aromatic heterocycles. The molecular weight excluding hydrogens is 409 g/mol. The fraction of sp³-hybridized carbons (Fsp3) is 0.562. The van der Waals surface area contributed by atoms with Crippen molar-refractivity contribution in [1.29, 1.82) is 0 Å². The molecule has 0 saturated heterocycles. The molecule has 1 aromatic rings. The van der Waals surface area contributed by atoms with Gasteiger partial charge in [-0.1, -0.05) is 43.7 Å². The Morgan fingerprint density at radius 3 is 2.59 bits per heavy atom. The second-order valence-corrected chi connectivity index (χ2v) is 6.60. The summed E-state index contributed by atoms with van der Waals surface area (Å²) in [6, 6.07) is 9.97. The zero-order chi connectivity index (χ0) is 15.5. The van der Waals surface area contributed by atoms with Crippen LogP contribution in [0.4, 0.5) is 0 Å². The van der Waals surface area contributed by atoms with E-state index in [0.29, 0.717) is 18.1 Å². The molecule has 126 valence electrons. The van der Waals surface area contributed by atoms with Crippen LogP contribution >= 0.6 is 24.0 Å². The highest BCUT2D eigenvalue weighted by molar-refractivity contribution is 14.0. The summed E-state index contributed by atoms with van der Waals surface area (Å²) in [5, 5.41) is 3.28. The van der Waals surface area contributed by atoms with E-state index in [1.165, 1.54) is 6.42 Å². The van der Waals surface area contributed by atoms with Gasteiger partial charge in [-0.15, -0.1) is 24.0 Å². The molecule has 0 fully saturated rings. The van der Waals surface area contributed by atoms with Crippen molar-refractivity contribution in [3.05, 3.63) is 35.9 Å². The lowest BCUT2D eigenvalue weighted by molar-refractivity contribution is 0.466. The largest absolute Gasteiger partial charge is 0.355 e. The van der Waals surface area contributed by atoms with Crippen molar-refractivity contribution < 1.29 is 4.21 Å². The first kappa shape index (κ1) is 21.4. The van der Waals surface area contributed by atoms with Crippen molar-refractivity contribution in [2.45, 2.75) is 25.5 Å². The Bertz CT molecular complexity index is 454. The molecule has 0 bridgehead atoms. The van der Waals surface area contributed by atoms with Crippen molar-refractivity contribution in [2.24, 2.45) is 4.99 Å². The Morgan fingerprint density at radius 1 is 1.32 bits per heavy atom. The quantitative estimate of drug-likeness (QED) is 0.387. The number of aliphatic imine (C=N–C) groups is 1. The van der Waals surface area contributed by atoms with Crippen molar-refractivity contribution in [1.82, 2.24) is 10.2 Å². The first-order chi connectivity index (χ1) is 10.2. The summed E-state index contributed by atoms with van der Waals surface area (Å²) in [6.07, 6.45) is 2.32. The minimum absolute atomic E-state index is 0. The van der Waals surface area contributed by atoms with Crippen molar-refractivity contribution in [3.63, 3.8) is 0 Å². The van der Waals surface area contributed by atoms with E-state index in [0.717, 1.165) is 24.5 Å². The van der Waals surface area contributed by atoms with Crippen LogP contribution in [0, 0.1) is 0 Å². The molecular formula is C16H28IN3OS. The smallest absolute Gasteiger partial charge is 0.193 e. The highest BCUT2D eigenvalue weighted by Crippen LogP contribution is 2.02. The molecule has 1 rings (SSSR count). The van der Waals surface area contributed by atoms with Gasteiger partial charge in [-0.3, -0.25) is 9.20 Å². The van der Waals surface area contributed by atoms with Crippen LogP contribution in [0.1, 0.15) is 25.3 Å². The number of unbranched alkanes of at least 4 members (excludes halogenated alkanes) is 1. The average Bonchev–Trinajstić information content (AvgIpc) is 2.50. The lowest BCUT2D eigenvalue weighted by Crippen LogP contribution is -2.40. The van der Waals surface area contributed by atoms with Crippen LogP contribution in [-0.4, -0.2) is 48.0 Å². The van der Waals surface area contributed by atoms with E-state index in [1.54, 1.807) is 7.05 Å². The number of nitrogens with zero attached hydrogens (tertiary/aromatic N) is 2. The SMILES string of the molecule is CCCCN(C)C(=NC)NCCS(=O)Cc1ccccc1.I. The van der Waals surface area contributed by atoms with Crippen molar-refractivity contribution in [3.8, 4) is 0 Å². The number of nitrogens with one attached hydrogen (secondary N) is 1. The maximum Gasteiger partial charge on any atom is 0.193 e. The van der Waals surface area contributed by atoms with Gasteiger partial charge >= 0.3 is 0 Å². The zero-order valence-corrected chi connectivity index (χ0v) is 16.9. The normalized spacial score (nSPS) is 12.4. The fourth-order valence-electron chi connectivity index (χ4n) is 1.99. The molecule has 1 aromatic carbocycles. The molecule has 0 aliphatic rings. The van der Waals surface area contributed by atoms with Crippen molar-refractivity contribution in [2.75, 3.05) is 32.9 Å². The van der Waals surface area contributed by atoms with E-state index in [-0.39, 0.29) is 24.0 Å². The summed E-state index contributed by atoms with van der Waals surface area (Å²) >= 11 is 0. The van der Waals surface area contributed by atoms with Gasteiger partial charge in [-0.25, -0.2) is 0 Å². The summed E-state index contributed by atoms with van der Waals surface area (Å²) in [5.41, 5.74) is 1.13. The number of rotatable bonds is 8. The van der Waals surface area contributed by atoms with Gasteiger partial charge < -0.3 is 10.2 Å². The molecule has 22 heavy (non-hydrogen) atoms. The summed E-state index contributed by atoms with van der Waals surface area (Å²) in [4.78, 5) is 6.37. The molecule has 0 amide bonds. The van der Waals surface area contributed by atoms with E-state index in [4.69, 9.17) is 0 Å². The van der Waals surface area contributed by atoms with Crippen LogP contribution in [0.2, 0.25) is 0 Å². The molecule has 1 atom stereocenters. The Labute approximate surface area is 154 Å². The lowest BCUT2D eigenvalue weighted by Gasteiger charge is -2.21. The Kier molecular flexibility index (Phi) is 12.5. The second-order valence-electron chi connectivity index (χ2n) is 5.02. The first-order valence-electron chi connectivity index (χ1n) is 7.48. The van der Waals surface area contributed by atoms with Crippen LogP contribution in [0.25, 0.3) is 0 Å². The minimum atomic E-state index is -0.844. The molecule has 0 aliphatic heterocycles. The monoisotopic (exact) mass is 437 g/mol. The summed E-state index contributed by atoms with van der Waals surface area (Å²) < 4.78 is 12.0. The molecule has 0 radical (unpaired) electrons. The van der Waals surface area contributed by atoms with Gasteiger partial charge in [0, 0.05) is 49.5 Å². The molecule has 0 heterocycles. The lowest BCUT2D eigenvalue weighted by atomic mass is 10.2. The van der Waals surface area contributed by atoms with E-state index >= 15 is 0 Å². The Balaban J connectivity index is 0.00000441. The van der Waals surface area contributed by atoms with Gasteiger partial charge in [0.25, 0.3) is 0 Å². The zero-order valence-electron chi connectivity index (χ0n) is 13.7. The van der Waals surface area contributed by atoms with E-state index < -0.39 is 10.8 Å². The van der Waals surface area contributed by atoms with Crippen LogP contribution < -0.4 is 5.32 Å². The third kappa shape index (κ3) is 8.73. The topological polar surface area (TPSA) is 44.7 Å². The number of hydrogen-bond acceptors (Lipinski definition) is 2. The highest BCUT2D eigenvalue weighted by Gasteiger charge is 2.06. The average molecular weight is 437 g/mol.